The van der Waals surface area contributed by atoms with Crippen LogP contribution in [0.1, 0.15) is 21.5 Å². The smallest absolute Gasteiger partial charge is 0.189 e. The van der Waals surface area contributed by atoms with Crippen LogP contribution in [0.2, 0.25) is 5.02 Å². The minimum absolute atomic E-state index is 0.0830. The number of methoxy groups -OCH3 is 2. The molecule has 0 atom stereocenters. The number of halogens is 1. The van der Waals surface area contributed by atoms with Crippen molar-refractivity contribution in [2.75, 3.05) is 21.0 Å². The van der Waals surface area contributed by atoms with E-state index in [4.69, 9.17) is 25.8 Å². The molecule has 0 amide bonds. The number of aromatic hydroxyl groups is 1. The molecule has 0 bridgehead atoms. The maximum absolute atomic E-state index is 12.3. The van der Waals surface area contributed by atoms with Crippen LogP contribution in [-0.4, -0.2) is 31.9 Å². The Labute approximate surface area is 151 Å². The Hall–Kier alpha value is -2.50. The zero-order valence-electron chi connectivity index (χ0n) is 14.2. The van der Waals surface area contributed by atoms with Crippen molar-refractivity contribution in [3.05, 3.63) is 58.1 Å². The monoisotopic (exact) mass is 362 g/mol. The number of hydrogen-bond donors (Lipinski definition) is 1. The Morgan fingerprint density at radius 2 is 1.96 bits per heavy atom. The summed E-state index contributed by atoms with van der Waals surface area (Å²) in [4.78, 5) is 12.3. The maximum Gasteiger partial charge on any atom is 0.189 e. The fraction of sp³-hybridized carbons (Fsp3) is 0.211. The number of ether oxygens (including phenoxy) is 3. The molecule has 0 aliphatic carbocycles. The van der Waals surface area contributed by atoms with E-state index in [1.54, 1.807) is 12.1 Å². The van der Waals surface area contributed by atoms with Gasteiger partial charge in [0.25, 0.3) is 0 Å². The summed E-state index contributed by atoms with van der Waals surface area (Å²) in [5, 5.41) is 10.0. The van der Waals surface area contributed by atoms with Crippen LogP contribution >= 0.6 is 11.6 Å². The summed E-state index contributed by atoms with van der Waals surface area (Å²) in [7, 11) is 3.05. The number of benzene rings is 2. The Balaban J connectivity index is 2.34. The average Bonchev–Trinajstić information content (AvgIpc) is 2.61. The molecule has 2 aromatic carbocycles. The number of hydrogen-bond acceptors (Lipinski definition) is 5. The van der Waals surface area contributed by atoms with Crippen LogP contribution in [0.25, 0.3) is 6.08 Å². The summed E-state index contributed by atoms with van der Waals surface area (Å²) < 4.78 is 15.9. The van der Waals surface area contributed by atoms with E-state index in [1.807, 2.05) is 19.1 Å². The van der Waals surface area contributed by atoms with Gasteiger partial charge >= 0.3 is 0 Å². The van der Waals surface area contributed by atoms with E-state index in [2.05, 4.69) is 0 Å². The molecule has 0 saturated heterocycles. The number of carbonyl (C=O) groups is 1. The molecule has 0 unspecified atom stereocenters. The predicted molar refractivity (Wildman–Crippen MR) is 96.7 cm³/mol. The molecule has 0 aromatic heterocycles. The standard InChI is InChI=1S/C19H19ClO5/c1-12-7-8-13(19(24-3)18(12)25-11-23-2)9-10-16(21)14-5-4-6-15(20)17(14)22/h4-10,22H,11H2,1-3H3. The van der Waals surface area contributed by atoms with Crippen molar-refractivity contribution in [2.24, 2.45) is 0 Å². The summed E-state index contributed by atoms with van der Waals surface area (Å²) in [6.07, 6.45) is 2.94. The molecule has 0 spiro atoms. The third-order valence-electron chi connectivity index (χ3n) is 3.53. The number of rotatable bonds is 7. The first-order valence-corrected chi connectivity index (χ1v) is 7.86. The second kappa shape index (κ2) is 8.55. The predicted octanol–water partition coefficient (Wildman–Crippen LogP) is 4.24. The van der Waals surface area contributed by atoms with Crippen molar-refractivity contribution in [1.29, 1.82) is 0 Å². The number of phenols is 1. The summed E-state index contributed by atoms with van der Waals surface area (Å²) in [6.45, 7) is 1.97. The number of carbonyl (C=O) groups excluding carboxylic acids is 1. The normalized spacial score (nSPS) is 10.9. The summed E-state index contributed by atoms with van der Waals surface area (Å²) >= 11 is 5.83. The lowest BCUT2D eigenvalue weighted by atomic mass is 10.1. The van der Waals surface area contributed by atoms with E-state index in [9.17, 15) is 9.90 Å². The first kappa shape index (κ1) is 18.8. The third kappa shape index (κ3) is 4.32. The summed E-state index contributed by atoms with van der Waals surface area (Å²) in [5.41, 5.74) is 1.67. The first-order chi connectivity index (χ1) is 12.0. The van der Waals surface area contributed by atoms with Crippen molar-refractivity contribution in [3.63, 3.8) is 0 Å². The molecule has 0 fully saturated rings. The fourth-order valence-electron chi connectivity index (χ4n) is 2.28. The number of ketones is 1. The van der Waals surface area contributed by atoms with E-state index < -0.39 is 0 Å². The van der Waals surface area contributed by atoms with Crippen molar-refractivity contribution in [2.45, 2.75) is 6.92 Å². The first-order valence-electron chi connectivity index (χ1n) is 7.48. The van der Waals surface area contributed by atoms with Crippen LogP contribution in [0.3, 0.4) is 0 Å². The van der Waals surface area contributed by atoms with Gasteiger partial charge in [-0.25, -0.2) is 0 Å². The van der Waals surface area contributed by atoms with Gasteiger partial charge in [0.15, 0.2) is 24.1 Å². The molecule has 132 valence electrons. The molecule has 25 heavy (non-hydrogen) atoms. The van der Waals surface area contributed by atoms with E-state index in [0.717, 1.165) is 5.56 Å². The van der Waals surface area contributed by atoms with Gasteiger partial charge in [-0.3, -0.25) is 4.79 Å². The third-order valence-corrected chi connectivity index (χ3v) is 3.84. The average molecular weight is 363 g/mol. The minimum atomic E-state index is -0.373. The van der Waals surface area contributed by atoms with Crippen LogP contribution in [0.4, 0.5) is 0 Å². The summed E-state index contributed by atoms with van der Waals surface area (Å²) in [6, 6.07) is 8.30. The minimum Gasteiger partial charge on any atom is -0.506 e. The van der Waals surface area contributed by atoms with Crippen molar-refractivity contribution in [1.82, 2.24) is 0 Å². The van der Waals surface area contributed by atoms with Crippen LogP contribution in [0, 0.1) is 6.92 Å². The van der Waals surface area contributed by atoms with Crippen molar-refractivity contribution < 1.29 is 24.1 Å². The Morgan fingerprint density at radius 3 is 2.64 bits per heavy atom. The fourth-order valence-corrected chi connectivity index (χ4v) is 2.46. The lowest BCUT2D eigenvalue weighted by Crippen LogP contribution is -2.03. The zero-order chi connectivity index (χ0) is 18.4. The number of allylic oxidation sites excluding steroid dienone is 1. The molecule has 0 aliphatic rings. The van der Waals surface area contributed by atoms with Crippen molar-refractivity contribution in [3.8, 4) is 17.2 Å². The van der Waals surface area contributed by atoms with Gasteiger partial charge in [-0.05, 0) is 36.8 Å². The molecule has 6 heteroatoms. The molecule has 0 heterocycles. The Morgan fingerprint density at radius 1 is 1.20 bits per heavy atom. The van der Waals surface area contributed by atoms with Gasteiger partial charge < -0.3 is 19.3 Å². The molecular formula is C19H19ClO5. The lowest BCUT2D eigenvalue weighted by Gasteiger charge is -2.14. The number of aryl methyl sites for hydroxylation is 1. The quantitative estimate of drug-likeness (QED) is 0.453. The van der Waals surface area contributed by atoms with Gasteiger partial charge in [0, 0.05) is 12.7 Å². The van der Waals surface area contributed by atoms with Gasteiger partial charge in [-0.1, -0.05) is 29.8 Å². The lowest BCUT2D eigenvalue weighted by molar-refractivity contribution is 0.0486. The summed E-state index contributed by atoms with van der Waals surface area (Å²) in [5.74, 6) is 0.432. The molecule has 0 saturated carbocycles. The highest BCUT2D eigenvalue weighted by Gasteiger charge is 2.14. The highest BCUT2D eigenvalue weighted by Crippen LogP contribution is 2.35. The Kier molecular flexibility index (Phi) is 6.44. The molecule has 0 radical (unpaired) electrons. The molecule has 2 aromatic rings. The van der Waals surface area contributed by atoms with Crippen LogP contribution in [0.15, 0.2) is 36.4 Å². The second-order valence-corrected chi connectivity index (χ2v) is 5.63. The van der Waals surface area contributed by atoms with E-state index in [1.165, 1.54) is 32.4 Å². The number of para-hydroxylation sites is 1. The molecule has 0 aliphatic heterocycles. The topological polar surface area (TPSA) is 65.0 Å². The van der Waals surface area contributed by atoms with E-state index >= 15 is 0 Å². The van der Waals surface area contributed by atoms with Gasteiger partial charge in [-0.2, -0.15) is 0 Å². The molecule has 1 N–H and O–H groups in total. The van der Waals surface area contributed by atoms with Crippen molar-refractivity contribution >= 4 is 23.5 Å². The molecule has 2 rings (SSSR count). The molecule has 5 nitrogen and oxygen atoms in total. The SMILES string of the molecule is COCOc1c(C)ccc(C=CC(=O)c2cccc(Cl)c2O)c1OC. The van der Waals surface area contributed by atoms with Gasteiger partial charge in [0.2, 0.25) is 0 Å². The largest absolute Gasteiger partial charge is 0.506 e. The van der Waals surface area contributed by atoms with Crippen LogP contribution in [-0.2, 0) is 4.74 Å². The Bertz CT molecular complexity index is 799. The number of phenolic OH excluding ortho intramolecular Hbond substituents is 1. The highest BCUT2D eigenvalue weighted by atomic mass is 35.5. The highest BCUT2D eigenvalue weighted by molar-refractivity contribution is 6.32. The zero-order valence-corrected chi connectivity index (χ0v) is 15.0. The van der Waals surface area contributed by atoms with Gasteiger partial charge in [0.1, 0.15) is 5.75 Å². The van der Waals surface area contributed by atoms with E-state index in [-0.39, 0.29) is 28.9 Å². The maximum atomic E-state index is 12.3. The van der Waals surface area contributed by atoms with Gasteiger partial charge in [0.05, 0.1) is 17.7 Å². The molecular weight excluding hydrogens is 344 g/mol. The van der Waals surface area contributed by atoms with Crippen LogP contribution < -0.4 is 9.47 Å². The van der Waals surface area contributed by atoms with Gasteiger partial charge in [-0.15, -0.1) is 0 Å². The second-order valence-electron chi connectivity index (χ2n) is 5.22. The van der Waals surface area contributed by atoms with E-state index in [0.29, 0.717) is 17.1 Å². The van der Waals surface area contributed by atoms with Crippen LogP contribution in [0.5, 0.6) is 17.2 Å².